The summed E-state index contributed by atoms with van der Waals surface area (Å²) in [5, 5.41) is 3.70. The summed E-state index contributed by atoms with van der Waals surface area (Å²) < 4.78 is 5.52. The molecule has 0 unspecified atom stereocenters. The maximum atomic E-state index is 12.5. The van der Waals surface area contributed by atoms with Gasteiger partial charge in [-0.3, -0.25) is 4.79 Å². The van der Waals surface area contributed by atoms with Crippen LogP contribution in [-0.2, 0) is 4.79 Å². The van der Waals surface area contributed by atoms with Gasteiger partial charge in [-0.15, -0.1) is 0 Å². The first-order chi connectivity index (χ1) is 12.6. The summed E-state index contributed by atoms with van der Waals surface area (Å²) >= 11 is 12.0. The number of carbonyl (C=O) groups excluding carboxylic acids is 1. The highest BCUT2D eigenvalue weighted by Gasteiger charge is 2.17. The van der Waals surface area contributed by atoms with Gasteiger partial charge in [-0.25, -0.2) is 0 Å². The van der Waals surface area contributed by atoms with E-state index in [1.54, 1.807) is 18.2 Å². The molecule has 0 aliphatic rings. The van der Waals surface area contributed by atoms with Gasteiger partial charge in [0.15, 0.2) is 6.61 Å². The van der Waals surface area contributed by atoms with Crippen LogP contribution in [0.15, 0.2) is 78.9 Å². The molecule has 3 rings (SSSR count). The third-order valence-electron chi connectivity index (χ3n) is 3.85. The first-order valence-corrected chi connectivity index (χ1v) is 8.87. The second-order valence-corrected chi connectivity index (χ2v) is 6.45. The van der Waals surface area contributed by atoms with Crippen molar-refractivity contribution >= 4 is 29.1 Å². The van der Waals surface area contributed by atoms with Gasteiger partial charge in [-0.1, -0.05) is 89.9 Å². The lowest BCUT2D eigenvalue weighted by atomic mass is 9.99. The quantitative estimate of drug-likeness (QED) is 0.626. The second-order valence-electron chi connectivity index (χ2n) is 5.66. The minimum Gasteiger partial charge on any atom is -0.482 e. The van der Waals surface area contributed by atoms with Crippen molar-refractivity contribution in [3.63, 3.8) is 0 Å². The highest BCUT2D eigenvalue weighted by atomic mass is 35.5. The molecule has 0 bridgehead atoms. The van der Waals surface area contributed by atoms with E-state index >= 15 is 0 Å². The van der Waals surface area contributed by atoms with Crippen molar-refractivity contribution in [1.82, 2.24) is 5.32 Å². The number of halogens is 2. The van der Waals surface area contributed by atoms with Crippen LogP contribution in [0.3, 0.4) is 0 Å². The zero-order valence-electron chi connectivity index (χ0n) is 13.9. The Balaban J connectivity index is 1.73. The SMILES string of the molecule is O=C(COc1cccc(Cl)c1Cl)NC(c1ccccc1)c1ccccc1. The second kappa shape index (κ2) is 8.75. The Morgan fingerprint density at radius 1 is 0.846 bits per heavy atom. The smallest absolute Gasteiger partial charge is 0.258 e. The monoisotopic (exact) mass is 385 g/mol. The summed E-state index contributed by atoms with van der Waals surface area (Å²) in [5.74, 6) is 0.129. The fourth-order valence-electron chi connectivity index (χ4n) is 2.59. The average molecular weight is 386 g/mol. The molecule has 0 saturated heterocycles. The predicted octanol–water partition coefficient (Wildman–Crippen LogP) is 5.28. The topological polar surface area (TPSA) is 38.3 Å². The molecule has 5 heteroatoms. The van der Waals surface area contributed by atoms with Crippen molar-refractivity contribution in [2.75, 3.05) is 6.61 Å². The van der Waals surface area contributed by atoms with Crippen LogP contribution in [-0.4, -0.2) is 12.5 Å². The van der Waals surface area contributed by atoms with Crippen molar-refractivity contribution in [1.29, 1.82) is 0 Å². The molecule has 0 aromatic heterocycles. The van der Waals surface area contributed by atoms with Crippen molar-refractivity contribution in [3.8, 4) is 5.75 Å². The molecule has 0 spiro atoms. The maximum Gasteiger partial charge on any atom is 0.258 e. The number of benzene rings is 3. The number of rotatable bonds is 6. The minimum absolute atomic E-state index is 0.157. The molecule has 0 atom stereocenters. The zero-order valence-corrected chi connectivity index (χ0v) is 15.4. The molecule has 0 saturated carbocycles. The van der Waals surface area contributed by atoms with Gasteiger partial charge >= 0.3 is 0 Å². The Labute approximate surface area is 162 Å². The maximum absolute atomic E-state index is 12.5. The lowest BCUT2D eigenvalue weighted by Gasteiger charge is -2.20. The van der Waals surface area contributed by atoms with E-state index in [1.165, 1.54) is 0 Å². The van der Waals surface area contributed by atoms with E-state index in [4.69, 9.17) is 27.9 Å². The summed E-state index contributed by atoms with van der Waals surface area (Å²) in [6.07, 6.45) is 0. The number of hydrogen-bond acceptors (Lipinski definition) is 2. The molecule has 1 N–H and O–H groups in total. The van der Waals surface area contributed by atoms with E-state index in [-0.39, 0.29) is 18.6 Å². The van der Waals surface area contributed by atoms with E-state index < -0.39 is 0 Å². The van der Waals surface area contributed by atoms with E-state index in [1.807, 2.05) is 60.7 Å². The van der Waals surface area contributed by atoms with Crippen LogP contribution in [0.4, 0.5) is 0 Å². The van der Waals surface area contributed by atoms with Crippen LogP contribution in [0, 0.1) is 0 Å². The van der Waals surface area contributed by atoms with Gasteiger partial charge in [-0.05, 0) is 23.3 Å². The van der Waals surface area contributed by atoms with Gasteiger partial charge in [0.2, 0.25) is 0 Å². The molecular formula is C21H17Cl2NO2. The Morgan fingerprint density at radius 3 is 2.00 bits per heavy atom. The number of hydrogen-bond donors (Lipinski definition) is 1. The Kier molecular flexibility index (Phi) is 6.16. The predicted molar refractivity (Wildman–Crippen MR) is 105 cm³/mol. The van der Waals surface area contributed by atoms with E-state index in [0.29, 0.717) is 15.8 Å². The Bertz CT molecular complexity index is 830. The van der Waals surface area contributed by atoms with E-state index in [9.17, 15) is 4.79 Å². The van der Waals surface area contributed by atoms with Crippen LogP contribution < -0.4 is 10.1 Å². The largest absolute Gasteiger partial charge is 0.482 e. The molecule has 0 aliphatic carbocycles. The molecule has 132 valence electrons. The standard InChI is InChI=1S/C21H17Cl2NO2/c22-17-12-7-13-18(20(17)23)26-14-19(25)24-21(15-8-3-1-4-9-15)16-10-5-2-6-11-16/h1-13,21H,14H2,(H,24,25). The zero-order chi connectivity index (χ0) is 18.4. The van der Waals surface area contributed by atoms with Crippen LogP contribution in [0.25, 0.3) is 0 Å². The van der Waals surface area contributed by atoms with Gasteiger partial charge in [-0.2, -0.15) is 0 Å². The summed E-state index contributed by atoms with van der Waals surface area (Å²) in [4.78, 5) is 12.5. The van der Waals surface area contributed by atoms with Crippen molar-refractivity contribution in [2.24, 2.45) is 0 Å². The fraction of sp³-hybridized carbons (Fsp3) is 0.0952. The van der Waals surface area contributed by atoms with Crippen molar-refractivity contribution < 1.29 is 9.53 Å². The lowest BCUT2D eigenvalue weighted by molar-refractivity contribution is -0.123. The minimum atomic E-state index is -0.261. The summed E-state index contributed by atoms with van der Waals surface area (Å²) in [6.45, 7) is -0.157. The molecule has 0 heterocycles. The van der Waals surface area contributed by atoms with E-state index in [2.05, 4.69) is 5.32 Å². The highest BCUT2D eigenvalue weighted by molar-refractivity contribution is 6.42. The summed E-state index contributed by atoms with van der Waals surface area (Å²) in [6, 6.07) is 24.4. The molecule has 26 heavy (non-hydrogen) atoms. The molecule has 3 nitrogen and oxygen atoms in total. The molecule has 0 radical (unpaired) electrons. The lowest BCUT2D eigenvalue weighted by Crippen LogP contribution is -2.33. The third-order valence-corrected chi connectivity index (χ3v) is 4.65. The molecule has 3 aromatic carbocycles. The van der Waals surface area contributed by atoms with Crippen molar-refractivity contribution in [3.05, 3.63) is 100 Å². The van der Waals surface area contributed by atoms with Gasteiger partial charge in [0, 0.05) is 0 Å². The van der Waals surface area contributed by atoms with Crippen molar-refractivity contribution in [2.45, 2.75) is 6.04 Å². The molecular weight excluding hydrogens is 369 g/mol. The number of ether oxygens (including phenoxy) is 1. The van der Waals surface area contributed by atoms with Gasteiger partial charge < -0.3 is 10.1 Å². The highest BCUT2D eigenvalue weighted by Crippen LogP contribution is 2.31. The van der Waals surface area contributed by atoms with Crippen LogP contribution in [0.2, 0.25) is 10.0 Å². The van der Waals surface area contributed by atoms with Gasteiger partial charge in [0.1, 0.15) is 10.8 Å². The molecule has 0 aliphatic heterocycles. The Morgan fingerprint density at radius 2 is 1.42 bits per heavy atom. The van der Waals surface area contributed by atoms with Gasteiger partial charge in [0.05, 0.1) is 11.1 Å². The number of nitrogens with one attached hydrogen (secondary N) is 1. The first-order valence-electron chi connectivity index (χ1n) is 8.11. The van der Waals surface area contributed by atoms with E-state index in [0.717, 1.165) is 11.1 Å². The van der Waals surface area contributed by atoms with Crippen LogP contribution in [0.5, 0.6) is 5.75 Å². The van der Waals surface area contributed by atoms with Gasteiger partial charge in [0.25, 0.3) is 5.91 Å². The molecule has 0 fully saturated rings. The fourth-order valence-corrected chi connectivity index (χ4v) is 2.94. The number of amides is 1. The summed E-state index contributed by atoms with van der Waals surface area (Å²) in [7, 11) is 0. The normalized spacial score (nSPS) is 10.6. The van der Waals surface area contributed by atoms with Crippen LogP contribution >= 0.6 is 23.2 Å². The van der Waals surface area contributed by atoms with Crippen LogP contribution in [0.1, 0.15) is 17.2 Å². The summed E-state index contributed by atoms with van der Waals surface area (Å²) in [5.41, 5.74) is 1.99. The average Bonchev–Trinajstić information content (AvgIpc) is 2.68. The molecule has 3 aromatic rings. The Hall–Kier alpha value is -2.49. The number of carbonyl (C=O) groups is 1. The third kappa shape index (κ3) is 4.57. The first kappa shape index (κ1) is 18.3. The molecule has 1 amide bonds.